The monoisotopic (exact) mass is 1020 g/mol. The lowest BCUT2D eigenvalue weighted by Gasteiger charge is -2.47. The zero-order valence-corrected chi connectivity index (χ0v) is 38.0. The Hall–Kier alpha value is -1.12. The lowest BCUT2D eigenvalue weighted by molar-refractivity contribution is -0.365. The molecular formula is C42H70O28. The molecule has 21 heterocycles. The van der Waals surface area contributed by atoms with Gasteiger partial charge in [-0.3, -0.25) is 0 Å². The average Bonchev–Trinajstić information content (AvgIpc) is 3.34. The van der Waals surface area contributed by atoms with Gasteiger partial charge in [-0.15, -0.1) is 0 Å². The summed E-state index contributed by atoms with van der Waals surface area (Å²) in [6, 6.07) is 0. The molecule has 21 saturated heterocycles. The van der Waals surface area contributed by atoms with Crippen LogP contribution in [0.2, 0.25) is 0 Å². The van der Waals surface area contributed by atoms with Gasteiger partial charge in [-0.2, -0.15) is 0 Å². The molecule has 0 aromatic heterocycles. The van der Waals surface area contributed by atoms with Crippen molar-refractivity contribution >= 4 is 0 Å². The van der Waals surface area contributed by atoms with Gasteiger partial charge in [-0.05, 0) is 0 Å². The molecule has 406 valence electrons. The normalized spacial score (nSPS) is 52.2. The number of ether oxygens (including phenoxy) is 14. The van der Waals surface area contributed by atoms with Crippen molar-refractivity contribution in [3.8, 4) is 0 Å². The van der Waals surface area contributed by atoms with Gasteiger partial charge in [0.1, 0.15) is 85.5 Å². The lowest BCUT2D eigenvalue weighted by atomic mass is 9.98. The van der Waals surface area contributed by atoms with Crippen molar-refractivity contribution in [1.29, 1.82) is 0 Å². The van der Waals surface area contributed by atoms with E-state index in [0.29, 0.717) is 0 Å². The second kappa shape index (κ2) is 24.7. The van der Waals surface area contributed by atoms with Gasteiger partial charge < -0.3 is 138 Å². The number of aliphatic hydroxyl groups excluding tert-OH is 14. The molecule has 14 bridgehead atoms. The molecule has 0 amide bonds. The molecule has 21 fully saturated rings. The van der Waals surface area contributed by atoms with Gasteiger partial charge in [-0.25, -0.2) is 0 Å². The van der Waals surface area contributed by atoms with E-state index in [9.17, 15) is 71.5 Å². The fourth-order valence-electron chi connectivity index (χ4n) is 10.2. The summed E-state index contributed by atoms with van der Waals surface area (Å²) in [6.45, 7) is -4.66. The molecule has 0 saturated carbocycles. The largest absolute Gasteiger partial charge is 0.394 e. The molecule has 0 aromatic carbocycles. The first-order chi connectivity index (χ1) is 33.7. The van der Waals surface area contributed by atoms with Crippen molar-refractivity contribution in [3.63, 3.8) is 0 Å². The summed E-state index contributed by atoms with van der Waals surface area (Å²) in [4.78, 5) is 0. The Bertz CT molecular complexity index is 1280. The van der Waals surface area contributed by atoms with Crippen LogP contribution in [0, 0.1) is 0 Å². The third-order valence-electron chi connectivity index (χ3n) is 14.0. The highest BCUT2D eigenvalue weighted by Crippen LogP contribution is 2.38. The van der Waals surface area contributed by atoms with Crippen LogP contribution in [0.4, 0.5) is 0 Å². The molecule has 21 rings (SSSR count). The predicted molar refractivity (Wildman–Crippen MR) is 219 cm³/mol. The van der Waals surface area contributed by atoms with E-state index in [4.69, 9.17) is 66.3 Å². The highest BCUT2D eigenvalue weighted by molar-refractivity contribution is 4.94. The summed E-state index contributed by atoms with van der Waals surface area (Å²) < 4.78 is 83.3. The van der Waals surface area contributed by atoms with Gasteiger partial charge in [0.25, 0.3) is 0 Å². The second-order valence-corrected chi connectivity index (χ2v) is 18.9. The van der Waals surface area contributed by atoms with Crippen LogP contribution < -0.4 is 0 Å². The maximum Gasteiger partial charge on any atom is 0.184 e. The Kier molecular flexibility index (Phi) is 19.4. The highest BCUT2D eigenvalue weighted by Gasteiger charge is 2.52. The zero-order valence-electron chi connectivity index (χ0n) is 38.0. The van der Waals surface area contributed by atoms with Crippen molar-refractivity contribution < 1.29 is 138 Å². The minimum atomic E-state index is -1.45. The maximum absolute atomic E-state index is 11.2. The van der Waals surface area contributed by atoms with Crippen molar-refractivity contribution in [2.24, 2.45) is 0 Å². The molecule has 21 aliphatic rings. The Morgan fingerprint density at radius 2 is 0.314 bits per heavy atom. The fourth-order valence-corrected chi connectivity index (χ4v) is 10.2. The first kappa shape index (κ1) is 55.1. The number of hydrogen-bond acceptors (Lipinski definition) is 28. The second-order valence-electron chi connectivity index (χ2n) is 18.9. The van der Waals surface area contributed by atoms with Crippen molar-refractivity contribution in [2.75, 3.05) is 46.2 Å². The molecular weight excluding hydrogens is 952 g/mol. The zero-order chi connectivity index (χ0) is 50.0. The third kappa shape index (κ3) is 12.4. The minimum Gasteiger partial charge on any atom is -0.394 e. The molecule has 28 heteroatoms. The van der Waals surface area contributed by atoms with Crippen LogP contribution in [-0.4, -0.2) is 290 Å². The van der Waals surface area contributed by atoms with E-state index in [1.807, 2.05) is 0 Å². The Balaban J connectivity index is 1.00. The van der Waals surface area contributed by atoms with E-state index in [0.717, 1.165) is 0 Å². The van der Waals surface area contributed by atoms with Crippen LogP contribution >= 0.6 is 0 Å². The number of rotatable bonds is 7. The third-order valence-corrected chi connectivity index (χ3v) is 14.0. The summed E-state index contributed by atoms with van der Waals surface area (Å²) in [5, 5.41) is 151. The number of hydrogen-bond donors (Lipinski definition) is 14. The molecule has 70 heavy (non-hydrogen) atoms. The Morgan fingerprint density at radius 1 is 0.200 bits per heavy atom. The summed E-state index contributed by atoms with van der Waals surface area (Å²) >= 11 is 0. The van der Waals surface area contributed by atoms with E-state index >= 15 is 0 Å². The van der Waals surface area contributed by atoms with Crippen molar-refractivity contribution in [2.45, 2.75) is 217 Å². The van der Waals surface area contributed by atoms with Gasteiger partial charge in [0.2, 0.25) is 0 Å². The first-order valence-electron chi connectivity index (χ1n) is 23.9. The van der Waals surface area contributed by atoms with E-state index < -0.39 is 218 Å². The van der Waals surface area contributed by atoms with E-state index in [1.54, 1.807) is 0 Å². The molecule has 28 atom stereocenters. The SMILES string of the molecule is OC[C@H]1O[C@@H]2O[C@H]3C[C@H](O)[C@@H](O[C@H]4C[C@H](O)[C@@H](O[C@H]5C[C@H](O)[C@@H](O[C@H]6C[C@H](O)[C@@H](O[C@H]7C[C@H](O)[C@@H](O[C@H]8C[C@H](O)[C@@H](O[C@H]1C[C@@H]2O)O[C@@H]8CO)O[C@@H]7CO)O[C@@H]6CO)O[C@@H]5CO)O[C@@H]4CO)O[C@@H]3CO. The van der Waals surface area contributed by atoms with Crippen LogP contribution in [0.25, 0.3) is 0 Å². The molecule has 0 radical (unpaired) electrons. The summed E-state index contributed by atoms with van der Waals surface area (Å²) in [5.41, 5.74) is 0. The van der Waals surface area contributed by atoms with Gasteiger partial charge in [0, 0.05) is 44.9 Å². The molecule has 0 spiro atoms. The highest BCUT2D eigenvalue weighted by atomic mass is 16.8. The molecule has 0 unspecified atom stereocenters. The van der Waals surface area contributed by atoms with E-state index in [-0.39, 0.29) is 44.9 Å². The lowest BCUT2D eigenvalue weighted by Crippen LogP contribution is -2.59. The summed E-state index contributed by atoms with van der Waals surface area (Å²) in [6.07, 6.45) is -38.0. The quantitative estimate of drug-likeness (QED) is 0.113. The molecule has 0 aliphatic carbocycles. The van der Waals surface area contributed by atoms with Crippen molar-refractivity contribution in [1.82, 2.24) is 0 Å². The Labute approximate surface area is 400 Å². The average molecular weight is 1020 g/mol. The van der Waals surface area contributed by atoms with Crippen LogP contribution in [0.15, 0.2) is 0 Å². The van der Waals surface area contributed by atoms with Gasteiger partial charge in [-0.1, -0.05) is 0 Å². The standard InChI is InChI=1S/C42H70O28/c43-8-29-22-1-15(50)36(64-29)58-23-3-17(52)38(66-30(23)9-44)60-25-5-19(54)40(68-32(25)11-46)62-27-7-21(56)42(70-34(27)13-48)63-28-6-20(55)41(69-35(28)14-49)61-26-4-18(53)39(67-33(26)12-47)59-24-2-16(51)37(57-22)65-31(24)10-45/h15-56H,1-14H2/t15-,16-,17-,18-,19-,20-,21-,22-,23-,24-,25-,26-,27-,28-,29+,30+,31+,32+,33+,34+,35+,36-,37-,38-,39-,40-,41-,42-/m0/s1. The minimum absolute atomic E-state index is 0.240. The summed E-state index contributed by atoms with van der Waals surface area (Å²) in [7, 11) is 0. The fraction of sp³-hybridized carbons (Fsp3) is 1.00. The first-order valence-corrected chi connectivity index (χ1v) is 23.9. The Morgan fingerprint density at radius 3 is 0.414 bits per heavy atom. The molecule has 21 aliphatic heterocycles. The number of aliphatic hydroxyl groups is 14. The van der Waals surface area contributed by atoms with Crippen LogP contribution in [0.3, 0.4) is 0 Å². The predicted octanol–water partition coefficient (Wildman–Crippen LogP) is -8.03. The molecule has 28 nitrogen and oxygen atoms in total. The molecule has 14 N–H and O–H groups in total. The van der Waals surface area contributed by atoms with Crippen LogP contribution in [0.1, 0.15) is 44.9 Å². The topological polar surface area (TPSA) is 412 Å². The van der Waals surface area contributed by atoms with Gasteiger partial charge >= 0.3 is 0 Å². The van der Waals surface area contributed by atoms with E-state index in [1.165, 1.54) is 0 Å². The van der Waals surface area contributed by atoms with Crippen LogP contribution in [0.5, 0.6) is 0 Å². The van der Waals surface area contributed by atoms with Crippen LogP contribution in [-0.2, 0) is 66.3 Å². The van der Waals surface area contributed by atoms with Crippen molar-refractivity contribution in [3.05, 3.63) is 0 Å². The van der Waals surface area contributed by atoms with Gasteiger partial charge in [0.15, 0.2) is 44.0 Å². The smallest absolute Gasteiger partial charge is 0.184 e. The van der Waals surface area contributed by atoms with E-state index in [2.05, 4.69) is 0 Å². The molecule has 0 aromatic rings. The summed E-state index contributed by atoms with van der Waals surface area (Å²) in [5.74, 6) is 0. The van der Waals surface area contributed by atoms with Gasteiger partial charge in [0.05, 0.1) is 89.0 Å². The maximum atomic E-state index is 11.2.